The van der Waals surface area contributed by atoms with Crippen molar-refractivity contribution in [2.24, 2.45) is 0 Å². The summed E-state index contributed by atoms with van der Waals surface area (Å²) in [5.74, 6) is -2.36. The van der Waals surface area contributed by atoms with Gasteiger partial charge in [-0.15, -0.1) is 0 Å². The van der Waals surface area contributed by atoms with Gasteiger partial charge in [-0.3, -0.25) is 9.69 Å². The van der Waals surface area contributed by atoms with Gasteiger partial charge in [-0.1, -0.05) is 36.4 Å². The van der Waals surface area contributed by atoms with E-state index in [-0.39, 0.29) is 6.04 Å². The van der Waals surface area contributed by atoms with E-state index in [2.05, 4.69) is 0 Å². The van der Waals surface area contributed by atoms with Gasteiger partial charge in [0.2, 0.25) is 5.91 Å². The second-order valence-electron chi connectivity index (χ2n) is 6.43. The Hall–Kier alpha value is -2.76. The standard InChI is InChI=1S/C20H20F2N2O2/c1-13(15-6-4-3-5-7-15)23-11-10-19(24(14(2)25)20(23)26)16-8-9-17(21)18(22)12-16/h3-9,12-13,19H,10-11H2,1-2H3. The van der Waals surface area contributed by atoms with E-state index in [1.165, 1.54) is 13.0 Å². The number of hydrogen-bond acceptors (Lipinski definition) is 2. The topological polar surface area (TPSA) is 40.6 Å². The predicted molar refractivity (Wildman–Crippen MR) is 93.2 cm³/mol. The van der Waals surface area contributed by atoms with E-state index in [0.29, 0.717) is 18.5 Å². The highest BCUT2D eigenvalue weighted by atomic mass is 19.2. The van der Waals surface area contributed by atoms with Crippen molar-refractivity contribution in [1.29, 1.82) is 0 Å². The number of nitrogens with zero attached hydrogens (tertiary/aromatic N) is 2. The fourth-order valence-electron chi connectivity index (χ4n) is 3.42. The van der Waals surface area contributed by atoms with Gasteiger partial charge in [0.05, 0.1) is 12.1 Å². The summed E-state index contributed by atoms with van der Waals surface area (Å²) in [6.45, 7) is 3.63. The third kappa shape index (κ3) is 3.31. The molecule has 0 N–H and O–H groups in total. The second kappa shape index (κ2) is 7.23. The van der Waals surface area contributed by atoms with Gasteiger partial charge in [0.1, 0.15) is 0 Å². The van der Waals surface area contributed by atoms with Crippen molar-refractivity contribution in [3.63, 3.8) is 0 Å². The van der Waals surface area contributed by atoms with Crippen LogP contribution in [0.1, 0.15) is 43.5 Å². The molecule has 0 aliphatic carbocycles. The molecule has 0 bridgehead atoms. The van der Waals surface area contributed by atoms with Crippen molar-refractivity contribution in [3.8, 4) is 0 Å². The Labute approximate surface area is 151 Å². The number of benzene rings is 2. The maximum atomic E-state index is 13.6. The molecular formula is C20H20F2N2O2. The molecule has 4 nitrogen and oxygen atoms in total. The molecule has 136 valence electrons. The number of halogens is 2. The van der Waals surface area contributed by atoms with Crippen molar-refractivity contribution in [2.75, 3.05) is 6.54 Å². The van der Waals surface area contributed by atoms with Crippen LogP contribution in [-0.2, 0) is 4.79 Å². The zero-order chi connectivity index (χ0) is 18.8. The maximum absolute atomic E-state index is 13.6. The summed E-state index contributed by atoms with van der Waals surface area (Å²) in [6, 6.07) is 11.8. The number of rotatable bonds is 3. The van der Waals surface area contributed by atoms with Gasteiger partial charge in [0.15, 0.2) is 11.6 Å². The van der Waals surface area contributed by atoms with Gasteiger partial charge in [0, 0.05) is 13.5 Å². The largest absolute Gasteiger partial charge is 0.327 e. The summed E-state index contributed by atoms with van der Waals surface area (Å²) in [7, 11) is 0. The lowest BCUT2D eigenvalue weighted by atomic mass is 9.97. The number of carbonyl (C=O) groups excluding carboxylic acids is 2. The first-order chi connectivity index (χ1) is 12.4. The first-order valence-electron chi connectivity index (χ1n) is 8.50. The lowest BCUT2D eigenvalue weighted by Gasteiger charge is -2.42. The van der Waals surface area contributed by atoms with Crippen LogP contribution < -0.4 is 0 Å². The highest BCUT2D eigenvalue weighted by Crippen LogP contribution is 2.34. The van der Waals surface area contributed by atoms with Crippen LogP contribution in [0.2, 0.25) is 0 Å². The van der Waals surface area contributed by atoms with Gasteiger partial charge in [-0.2, -0.15) is 0 Å². The van der Waals surface area contributed by atoms with Crippen molar-refractivity contribution >= 4 is 11.9 Å². The van der Waals surface area contributed by atoms with E-state index in [9.17, 15) is 18.4 Å². The quantitative estimate of drug-likeness (QED) is 0.814. The molecule has 0 spiro atoms. The highest BCUT2D eigenvalue weighted by molar-refractivity contribution is 5.94. The molecule has 2 atom stereocenters. The van der Waals surface area contributed by atoms with Crippen LogP contribution in [0.4, 0.5) is 13.6 Å². The van der Waals surface area contributed by atoms with E-state index >= 15 is 0 Å². The molecule has 0 saturated carbocycles. The number of carbonyl (C=O) groups is 2. The van der Waals surface area contributed by atoms with E-state index in [4.69, 9.17) is 0 Å². The Kier molecular flexibility index (Phi) is 5.02. The molecule has 3 rings (SSSR count). The Morgan fingerprint density at radius 3 is 2.42 bits per heavy atom. The minimum absolute atomic E-state index is 0.198. The molecule has 1 saturated heterocycles. The molecule has 1 heterocycles. The summed E-state index contributed by atoms with van der Waals surface area (Å²) in [4.78, 5) is 27.9. The monoisotopic (exact) mass is 358 g/mol. The molecule has 0 aromatic heterocycles. The van der Waals surface area contributed by atoms with Crippen LogP contribution in [0.15, 0.2) is 48.5 Å². The SMILES string of the molecule is CC(=O)N1C(=O)N(C(C)c2ccccc2)CCC1c1ccc(F)c(F)c1. The molecular weight excluding hydrogens is 338 g/mol. The summed E-state index contributed by atoms with van der Waals surface area (Å²) in [5.41, 5.74) is 1.38. The van der Waals surface area contributed by atoms with Crippen LogP contribution in [0.25, 0.3) is 0 Å². The lowest BCUT2D eigenvalue weighted by Crippen LogP contribution is -2.53. The number of hydrogen-bond donors (Lipinski definition) is 0. The van der Waals surface area contributed by atoms with Crippen LogP contribution in [0, 0.1) is 11.6 Å². The van der Waals surface area contributed by atoms with Crippen molar-refractivity contribution in [1.82, 2.24) is 9.80 Å². The van der Waals surface area contributed by atoms with Crippen LogP contribution in [0.5, 0.6) is 0 Å². The van der Waals surface area contributed by atoms with Gasteiger partial charge < -0.3 is 4.90 Å². The molecule has 0 radical (unpaired) electrons. The van der Waals surface area contributed by atoms with Crippen molar-refractivity contribution in [3.05, 3.63) is 71.3 Å². The van der Waals surface area contributed by atoms with Gasteiger partial charge in [0.25, 0.3) is 0 Å². The molecule has 2 aromatic rings. The number of imide groups is 1. The Balaban J connectivity index is 1.90. The average Bonchev–Trinajstić information content (AvgIpc) is 2.63. The molecule has 1 fully saturated rings. The first-order valence-corrected chi connectivity index (χ1v) is 8.50. The normalized spacial score (nSPS) is 18.8. The van der Waals surface area contributed by atoms with Gasteiger partial charge >= 0.3 is 6.03 Å². The number of amides is 3. The lowest BCUT2D eigenvalue weighted by molar-refractivity contribution is -0.129. The minimum atomic E-state index is -0.987. The summed E-state index contributed by atoms with van der Waals surface area (Å²) < 4.78 is 26.8. The molecule has 1 aliphatic rings. The average molecular weight is 358 g/mol. The Morgan fingerprint density at radius 2 is 1.81 bits per heavy atom. The highest BCUT2D eigenvalue weighted by Gasteiger charge is 2.39. The molecule has 3 amide bonds. The van der Waals surface area contributed by atoms with Gasteiger partial charge in [-0.05, 0) is 36.6 Å². The third-order valence-corrected chi connectivity index (χ3v) is 4.82. The maximum Gasteiger partial charge on any atom is 0.327 e. The molecule has 26 heavy (non-hydrogen) atoms. The Bertz CT molecular complexity index is 826. The smallest absolute Gasteiger partial charge is 0.317 e. The summed E-state index contributed by atoms with van der Waals surface area (Å²) in [5, 5.41) is 0. The molecule has 2 unspecified atom stereocenters. The summed E-state index contributed by atoms with van der Waals surface area (Å²) in [6.07, 6.45) is 0.452. The molecule has 6 heteroatoms. The van der Waals surface area contributed by atoms with Gasteiger partial charge in [-0.25, -0.2) is 13.6 Å². The Morgan fingerprint density at radius 1 is 1.12 bits per heavy atom. The third-order valence-electron chi connectivity index (χ3n) is 4.82. The van der Waals surface area contributed by atoms with Crippen LogP contribution in [-0.4, -0.2) is 28.3 Å². The molecule has 2 aromatic carbocycles. The minimum Gasteiger partial charge on any atom is -0.317 e. The van der Waals surface area contributed by atoms with Crippen LogP contribution in [0.3, 0.4) is 0 Å². The fourth-order valence-corrected chi connectivity index (χ4v) is 3.42. The number of urea groups is 1. The summed E-state index contributed by atoms with van der Waals surface area (Å²) >= 11 is 0. The molecule has 1 aliphatic heterocycles. The van der Waals surface area contributed by atoms with E-state index in [0.717, 1.165) is 22.6 Å². The van der Waals surface area contributed by atoms with E-state index in [1.807, 2.05) is 37.3 Å². The zero-order valence-electron chi connectivity index (χ0n) is 14.7. The van der Waals surface area contributed by atoms with E-state index in [1.54, 1.807) is 4.90 Å². The van der Waals surface area contributed by atoms with E-state index < -0.39 is 29.6 Å². The van der Waals surface area contributed by atoms with Crippen LogP contribution >= 0.6 is 0 Å². The second-order valence-corrected chi connectivity index (χ2v) is 6.43. The predicted octanol–water partition coefficient (Wildman–Crippen LogP) is 4.44. The van der Waals surface area contributed by atoms with Crippen molar-refractivity contribution < 1.29 is 18.4 Å². The van der Waals surface area contributed by atoms with Crippen molar-refractivity contribution in [2.45, 2.75) is 32.4 Å². The zero-order valence-corrected chi connectivity index (χ0v) is 14.7. The fraction of sp³-hybridized carbons (Fsp3) is 0.300. The first kappa shape index (κ1) is 18.0.